The first-order chi connectivity index (χ1) is 15.2. The number of thiazole rings is 1. The summed E-state index contributed by atoms with van der Waals surface area (Å²) in [5.41, 5.74) is 1.24. The van der Waals surface area contributed by atoms with Crippen molar-refractivity contribution in [2.75, 3.05) is 26.0 Å². The van der Waals surface area contributed by atoms with Crippen molar-refractivity contribution in [1.82, 2.24) is 14.6 Å². The molecule has 1 atom stereocenters. The molecule has 0 bridgehead atoms. The predicted molar refractivity (Wildman–Crippen MR) is 124 cm³/mol. The van der Waals surface area contributed by atoms with Crippen molar-refractivity contribution in [3.63, 3.8) is 0 Å². The number of carbonyl (C=O) groups excluding carboxylic acids is 1. The number of nitrogens with zero attached hydrogens (tertiary/aromatic N) is 3. The van der Waals surface area contributed by atoms with Crippen molar-refractivity contribution < 1.29 is 22.3 Å². The van der Waals surface area contributed by atoms with Crippen LogP contribution in [0.4, 0.5) is 4.39 Å². The molecule has 32 heavy (non-hydrogen) atoms. The Hall–Kier alpha value is -2.15. The smallest absolute Gasteiger partial charge is 0.337 e. The SMILES string of the molecule is CCOC(=O)C1=C2CC(NS(C)(=O)=O)CN2C(c2nccs2)=NC1.Fc1cccc(Br)c1. The van der Waals surface area contributed by atoms with E-state index < -0.39 is 16.0 Å². The van der Waals surface area contributed by atoms with E-state index in [0.717, 1.165) is 21.4 Å². The van der Waals surface area contributed by atoms with E-state index in [1.165, 1.54) is 23.5 Å². The van der Waals surface area contributed by atoms with Crippen LogP contribution < -0.4 is 4.72 Å². The van der Waals surface area contributed by atoms with Crippen LogP contribution in [0.2, 0.25) is 0 Å². The highest BCUT2D eigenvalue weighted by Gasteiger charge is 2.38. The van der Waals surface area contributed by atoms with Crippen molar-refractivity contribution in [3.8, 4) is 0 Å². The molecule has 0 saturated carbocycles. The van der Waals surface area contributed by atoms with Crippen molar-refractivity contribution >= 4 is 49.1 Å². The molecule has 12 heteroatoms. The number of aliphatic imine (C=N–C) groups is 1. The van der Waals surface area contributed by atoms with Gasteiger partial charge in [0.1, 0.15) is 5.82 Å². The lowest BCUT2D eigenvalue weighted by molar-refractivity contribution is -0.138. The maximum atomic E-state index is 12.2. The van der Waals surface area contributed by atoms with E-state index >= 15 is 0 Å². The van der Waals surface area contributed by atoms with Gasteiger partial charge in [0.05, 0.1) is 25.0 Å². The van der Waals surface area contributed by atoms with E-state index in [2.05, 4.69) is 30.6 Å². The van der Waals surface area contributed by atoms with Crippen molar-refractivity contribution in [1.29, 1.82) is 0 Å². The molecule has 0 aliphatic carbocycles. The summed E-state index contributed by atoms with van der Waals surface area (Å²) in [5.74, 6) is 0.0599. The monoisotopic (exact) mass is 544 g/mol. The highest BCUT2D eigenvalue weighted by atomic mass is 79.9. The van der Waals surface area contributed by atoms with Crippen LogP contribution in [0.3, 0.4) is 0 Å². The lowest BCUT2D eigenvalue weighted by Crippen LogP contribution is -2.39. The molecule has 1 saturated heterocycles. The van der Waals surface area contributed by atoms with Crippen molar-refractivity contribution in [3.05, 3.63) is 62.4 Å². The Kier molecular flexibility index (Phi) is 8.15. The summed E-state index contributed by atoms with van der Waals surface area (Å²) in [6, 6.07) is 5.94. The minimum atomic E-state index is -3.34. The number of nitrogens with one attached hydrogen (secondary N) is 1. The lowest BCUT2D eigenvalue weighted by Gasteiger charge is -2.26. The number of ether oxygens (including phenoxy) is 1. The van der Waals surface area contributed by atoms with Crippen LogP contribution >= 0.6 is 27.3 Å². The van der Waals surface area contributed by atoms with Crippen LogP contribution in [-0.2, 0) is 19.6 Å². The van der Waals surface area contributed by atoms with Gasteiger partial charge in [-0.15, -0.1) is 11.3 Å². The molecule has 1 unspecified atom stereocenters. The van der Waals surface area contributed by atoms with Crippen LogP contribution in [0.5, 0.6) is 0 Å². The Bertz CT molecular complexity index is 1120. The summed E-state index contributed by atoms with van der Waals surface area (Å²) >= 11 is 4.57. The molecule has 1 aromatic heterocycles. The molecular formula is C20H22BrFN4O4S2. The Morgan fingerprint density at radius 1 is 1.44 bits per heavy atom. The van der Waals surface area contributed by atoms with Gasteiger partial charge in [0, 0.05) is 40.8 Å². The molecule has 2 aliphatic heterocycles. The van der Waals surface area contributed by atoms with Crippen LogP contribution in [0.25, 0.3) is 0 Å². The van der Waals surface area contributed by atoms with Gasteiger partial charge in [-0.3, -0.25) is 4.99 Å². The van der Waals surface area contributed by atoms with Crippen LogP contribution in [0, 0.1) is 5.82 Å². The second-order valence-electron chi connectivity index (χ2n) is 6.96. The zero-order valence-corrected chi connectivity index (χ0v) is 20.6. The fraction of sp³-hybridized carbons (Fsp3) is 0.350. The van der Waals surface area contributed by atoms with Crippen molar-refractivity contribution in [2.45, 2.75) is 19.4 Å². The fourth-order valence-corrected chi connectivity index (χ4v) is 5.12. The number of halogens is 2. The largest absolute Gasteiger partial charge is 0.463 e. The fourth-order valence-electron chi connectivity index (χ4n) is 3.33. The number of carbonyl (C=O) groups is 1. The van der Waals surface area contributed by atoms with Crippen molar-refractivity contribution in [2.24, 2.45) is 4.99 Å². The van der Waals surface area contributed by atoms with Gasteiger partial charge in [0.2, 0.25) is 10.0 Å². The van der Waals surface area contributed by atoms with Gasteiger partial charge in [-0.25, -0.2) is 27.3 Å². The summed E-state index contributed by atoms with van der Waals surface area (Å²) < 4.78 is 43.7. The molecule has 2 aliphatic rings. The minimum absolute atomic E-state index is 0.209. The number of hydrogen-bond acceptors (Lipinski definition) is 8. The maximum absolute atomic E-state index is 12.2. The molecule has 1 fully saturated rings. The van der Waals surface area contributed by atoms with E-state index in [4.69, 9.17) is 4.74 Å². The number of fused-ring (bicyclic) bond motifs is 1. The predicted octanol–water partition coefficient (Wildman–Crippen LogP) is 2.93. The zero-order chi connectivity index (χ0) is 23.3. The summed E-state index contributed by atoms with van der Waals surface area (Å²) in [5, 5.41) is 2.60. The van der Waals surface area contributed by atoms with Gasteiger partial charge in [-0.2, -0.15) is 0 Å². The Morgan fingerprint density at radius 2 is 2.22 bits per heavy atom. The highest BCUT2D eigenvalue weighted by Crippen LogP contribution is 2.31. The topological polar surface area (TPSA) is 101 Å². The van der Waals surface area contributed by atoms with E-state index in [9.17, 15) is 17.6 Å². The molecule has 4 rings (SSSR count). The highest BCUT2D eigenvalue weighted by molar-refractivity contribution is 9.10. The van der Waals surface area contributed by atoms with E-state index in [1.807, 2.05) is 10.3 Å². The van der Waals surface area contributed by atoms with Crippen LogP contribution in [-0.4, -0.2) is 62.1 Å². The van der Waals surface area contributed by atoms with Gasteiger partial charge in [0.25, 0.3) is 0 Å². The molecule has 3 heterocycles. The van der Waals surface area contributed by atoms with Crippen LogP contribution in [0.15, 0.2) is 56.6 Å². The first-order valence-corrected chi connectivity index (χ1v) is 13.2. The number of esters is 1. The summed E-state index contributed by atoms with van der Waals surface area (Å²) in [4.78, 5) is 22.8. The number of aromatic nitrogens is 1. The van der Waals surface area contributed by atoms with E-state index in [1.54, 1.807) is 25.3 Å². The first kappa shape index (κ1) is 24.5. The molecule has 8 nitrogen and oxygen atoms in total. The average Bonchev–Trinajstić information content (AvgIpc) is 3.36. The quantitative estimate of drug-likeness (QED) is 0.580. The Morgan fingerprint density at radius 3 is 2.78 bits per heavy atom. The van der Waals surface area contributed by atoms with Gasteiger partial charge in [-0.1, -0.05) is 22.0 Å². The first-order valence-electron chi connectivity index (χ1n) is 9.67. The number of hydrogen-bond donors (Lipinski definition) is 1. The minimum Gasteiger partial charge on any atom is -0.463 e. The third-order valence-corrected chi connectivity index (χ3v) is 6.50. The third kappa shape index (κ3) is 6.44. The normalized spacial score (nSPS) is 17.9. The second kappa shape index (κ2) is 10.6. The number of sulfonamides is 1. The summed E-state index contributed by atoms with van der Waals surface area (Å²) in [6.07, 6.45) is 3.24. The molecule has 172 valence electrons. The molecule has 0 radical (unpaired) electrons. The molecule has 2 aromatic rings. The number of rotatable bonds is 5. The summed E-state index contributed by atoms with van der Waals surface area (Å²) in [6.45, 7) is 2.65. The molecule has 0 spiro atoms. The molecule has 1 aromatic carbocycles. The molecule has 0 amide bonds. The average molecular weight is 545 g/mol. The molecular weight excluding hydrogens is 523 g/mol. The Balaban J connectivity index is 0.000000305. The standard InChI is InChI=1S/C14H18N4O4S2.C6H4BrF/c1-3-22-14(19)10-7-16-12(13-15-4-5-23-13)18-8-9(6-11(10)18)17-24(2,20)21;7-5-2-1-3-6(8)4-5/h4-5,9,17H,3,6-8H2,1-2H3;1-4H. The van der Waals surface area contributed by atoms with Gasteiger partial charge < -0.3 is 9.64 Å². The number of benzene rings is 1. The second-order valence-corrected chi connectivity index (χ2v) is 10.6. The zero-order valence-electron chi connectivity index (χ0n) is 17.4. The van der Waals surface area contributed by atoms with Gasteiger partial charge in [-0.05, 0) is 25.1 Å². The van der Waals surface area contributed by atoms with E-state index in [-0.39, 0.29) is 25.0 Å². The number of amidine groups is 1. The third-order valence-electron chi connectivity index (χ3n) is 4.47. The molecule has 1 N–H and O–H groups in total. The lowest BCUT2D eigenvalue weighted by atomic mass is 10.1. The van der Waals surface area contributed by atoms with E-state index in [0.29, 0.717) is 24.4 Å². The van der Waals surface area contributed by atoms with Gasteiger partial charge >= 0.3 is 5.97 Å². The Labute approximate surface area is 198 Å². The van der Waals surface area contributed by atoms with Gasteiger partial charge in [0.15, 0.2) is 10.8 Å². The van der Waals surface area contributed by atoms with Crippen LogP contribution in [0.1, 0.15) is 18.4 Å². The summed E-state index contributed by atoms with van der Waals surface area (Å²) in [7, 11) is -3.34. The maximum Gasteiger partial charge on any atom is 0.337 e.